The first-order valence-corrected chi connectivity index (χ1v) is 10.9. The van der Waals surface area contributed by atoms with Gasteiger partial charge < -0.3 is 0 Å². The maximum absolute atomic E-state index is 6.16. The van der Waals surface area contributed by atoms with Crippen molar-refractivity contribution >= 4 is 28.9 Å². The Labute approximate surface area is 196 Å². The first-order chi connectivity index (χ1) is 16.7. The Hall–Kier alpha value is -4.63. The number of halogens is 1. The van der Waals surface area contributed by atoms with Crippen LogP contribution >= 0.6 is 11.6 Å². The summed E-state index contributed by atoms with van der Waals surface area (Å²) < 4.78 is 4.71. The van der Waals surface area contributed by atoms with E-state index >= 15 is 0 Å². The number of rotatable bonds is 3. The van der Waals surface area contributed by atoms with Crippen molar-refractivity contribution in [1.82, 2.24) is 43.8 Å². The van der Waals surface area contributed by atoms with E-state index < -0.39 is 0 Å². The van der Waals surface area contributed by atoms with Gasteiger partial charge in [-0.05, 0) is 28.8 Å². The highest BCUT2D eigenvalue weighted by molar-refractivity contribution is 6.28. The van der Waals surface area contributed by atoms with E-state index in [1.807, 2.05) is 60.7 Å². The van der Waals surface area contributed by atoms with Crippen LogP contribution in [0, 0.1) is 0 Å². The van der Waals surface area contributed by atoms with Crippen LogP contribution in [0.1, 0.15) is 0 Å². The highest BCUT2D eigenvalue weighted by atomic mass is 35.5. The van der Waals surface area contributed by atoms with Crippen molar-refractivity contribution in [3.63, 3.8) is 0 Å². The van der Waals surface area contributed by atoms with Crippen LogP contribution in [-0.2, 0) is 0 Å². The molecule has 4 aromatic heterocycles. The first-order valence-electron chi connectivity index (χ1n) is 10.5. The summed E-state index contributed by atoms with van der Waals surface area (Å²) in [6.07, 6.45) is 0. The van der Waals surface area contributed by atoms with Crippen LogP contribution in [0.4, 0.5) is 0 Å². The van der Waals surface area contributed by atoms with Gasteiger partial charge in [0.05, 0.1) is 0 Å². The van der Waals surface area contributed by atoms with Crippen LogP contribution in [0.5, 0.6) is 0 Å². The fraction of sp³-hybridized carbons (Fsp3) is 0. The topological polar surface area (TPSA) is 90.6 Å². The number of aromatic nitrogens is 9. The second-order valence-electron chi connectivity index (χ2n) is 7.70. The van der Waals surface area contributed by atoms with Crippen LogP contribution in [-0.4, -0.2) is 43.8 Å². The quantitative estimate of drug-likeness (QED) is 0.384. The van der Waals surface area contributed by atoms with E-state index in [0.29, 0.717) is 29.0 Å². The molecule has 34 heavy (non-hydrogen) atoms. The van der Waals surface area contributed by atoms with Crippen molar-refractivity contribution in [2.75, 3.05) is 0 Å². The Morgan fingerprint density at radius 2 is 0.971 bits per heavy atom. The molecule has 0 bridgehead atoms. The van der Waals surface area contributed by atoms with E-state index in [2.05, 4.69) is 39.3 Å². The molecule has 0 unspecified atom stereocenters. The third-order valence-electron chi connectivity index (χ3n) is 5.57. The molecule has 9 nitrogen and oxygen atoms in total. The molecule has 0 radical (unpaired) electrons. The SMILES string of the molecule is Clc1nc2n(n1)c1nc(-c3ccccc3)nn1c1nc(-c3cccc(-c4ccccc4)c3)nn21. The fourth-order valence-corrected chi connectivity index (χ4v) is 4.15. The number of hydrogen-bond acceptors (Lipinski definition) is 6. The van der Waals surface area contributed by atoms with Crippen molar-refractivity contribution in [1.29, 1.82) is 0 Å². The van der Waals surface area contributed by atoms with Gasteiger partial charge in [0, 0.05) is 11.1 Å². The van der Waals surface area contributed by atoms with E-state index in [1.165, 1.54) is 4.52 Å². The minimum atomic E-state index is 0.0850. The fourth-order valence-electron chi connectivity index (χ4n) is 4.00. The molecule has 4 heterocycles. The normalized spacial score (nSPS) is 11.7. The molecule has 10 heteroatoms. The highest BCUT2D eigenvalue weighted by Gasteiger charge is 2.21. The molecule has 0 spiro atoms. The van der Waals surface area contributed by atoms with Gasteiger partial charge in [0.15, 0.2) is 11.6 Å². The number of hydrogen-bond donors (Lipinski definition) is 0. The van der Waals surface area contributed by atoms with E-state index in [4.69, 9.17) is 26.8 Å². The second-order valence-corrected chi connectivity index (χ2v) is 8.04. The Balaban J connectivity index is 1.48. The van der Waals surface area contributed by atoms with Crippen molar-refractivity contribution < 1.29 is 0 Å². The molecule has 7 rings (SSSR count). The lowest BCUT2D eigenvalue weighted by Crippen LogP contribution is -2.06. The molecule has 0 saturated carbocycles. The van der Waals surface area contributed by atoms with Gasteiger partial charge in [-0.15, -0.1) is 15.3 Å². The largest absolute Gasteiger partial charge is 0.261 e. The van der Waals surface area contributed by atoms with Crippen molar-refractivity contribution in [3.8, 4) is 33.9 Å². The predicted octanol–water partition coefficient (Wildman–Crippen LogP) is 4.47. The van der Waals surface area contributed by atoms with Crippen molar-refractivity contribution in [3.05, 3.63) is 90.2 Å². The Kier molecular flexibility index (Phi) is 4.00. The molecule has 0 amide bonds. The summed E-state index contributed by atoms with van der Waals surface area (Å²) in [6, 6.07) is 28.0. The smallest absolute Gasteiger partial charge is 0.189 e. The molecular formula is C24H14ClN9. The average Bonchev–Trinajstić information content (AvgIpc) is 3.61. The molecule has 0 fully saturated rings. The van der Waals surface area contributed by atoms with Crippen LogP contribution in [0.25, 0.3) is 51.2 Å². The summed E-state index contributed by atoms with van der Waals surface area (Å²) in [5, 5.41) is 13.8. The van der Waals surface area contributed by atoms with Crippen molar-refractivity contribution in [2.24, 2.45) is 0 Å². The van der Waals surface area contributed by atoms with E-state index in [-0.39, 0.29) is 5.28 Å². The molecule has 0 saturated heterocycles. The van der Waals surface area contributed by atoms with Crippen molar-refractivity contribution in [2.45, 2.75) is 0 Å². The van der Waals surface area contributed by atoms with E-state index in [1.54, 1.807) is 9.03 Å². The molecule has 0 aliphatic heterocycles. The predicted molar refractivity (Wildman–Crippen MR) is 127 cm³/mol. The summed E-state index contributed by atoms with van der Waals surface area (Å²) in [5.41, 5.74) is 3.93. The van der Waals surface area contributed by atoms with Crippen LogP contribution in [0.15, 0.2) is 84.9 Å². The maximum atomic E-state index is 6.16. The van der Waals surface area contributed by atoms with Crippen LogP contribution in [0.3, 0.4) is 0 Å². The second kappa shape index (κ2) is 7.19. The molecular weight excluding hydrogens is 450 g/mol. The lowest BCUT2D eigenvalue weighted by atomic mass is 10.0. The lowest BCUT2D eigenvalue weighted by molar-refractivity contribution is 0.817. The third kappa shape index (κ3) is 2.87. The highest BCUT2D eigenvalue weighted by Crippen LogP contribution is 2.26. The molecule has 3 aromatic carbocycles. The Bertz CT molecular complexity index is 1820. The summed E-state index contributed by atoms with van der Waals surface area (Å²) >= 11 is 6.16. The summed E-state index contributed by atoms with van der Waals surface area (Å²) in [7, 11) is 0. The molecule has 0 aliphatic carbocycles. The lowest BCUT2D eigenvalue weighted by Gasteiger charge is -2.02. The number of fused-ring (bicyclic) bond motifs is 6. The zero-order chi connectivity index (χ0) is 22.6. The van der Waals surface area contributed by atoms with Gasteiger partial charge >= 0.3 is 0 Å². The monoisotopic (exact) mass is 463 g/mol. The van der Waals surface area contributed by atoms with Crippen LogP contribution in [0.2, 0.25) is 5.28 Å². The van der Waals surface area contributed by atoms with E-state index in [0.717, 1.165) is 22.3 Å². The maximum Gasteiger partial charge on any atom is 0.261 e. The van der Waals surface area contributed by atoms with Gasteiger partial charge in [-0.2, -0.15) is 28.5 Å². The average molecular weight is 464 g/mol. The summed E-state index contributed by atoms with van der Waals surface area (Å²) in [6.45, 7) is 0. The number of benzene rings is 3. The van der Waals surface area contributed by atoms with Gasteiger partial charge in [0.25, 0.3) is 17.3 Å². The van der Waals surface area contributed by atoms with Crippen LogP contribution < -0.4 is 0 Å². The zero-order valence-electron chi connectivity index (χ0n) is 17.5. The van der Waals surface area contributed by atoms with E-state index in [9.17, 15) is 0 Å². The van der Waals surface area contributed by atoms with Gasteiger partial charge in [-0.3, -0.25) is 0 Å². The van der Waals surface area contributed by atoms with Gasteiger partial charge in [-0.25, -0.2) is 0 Å². The molecule has 162 valence electrons. The molecule has 0 N–H and O–H groups in total. The van der Waals surface area contributed by atoms with Gasteiger partial charge in [0.2, 0.25) is 5.28 Å². The Morgan fingerprint density at radius 3 is 1.65 bits per heavy atom. The molecule has 7 aromatic rings. The molecule has 0 atom stereocenters. The summed E-state index contributed by atoms with van der Waals surface area (Å²) in [5.74, 6) is 2.37. The Morgan fingerprint density at radius 1 is 0.471 bits per heavy atom. The minimum Gasteiger partial charge on any atom is -0.189 e. The first kappa shape index (κ1) is 18.9. The third-order valence-corrected chi connectivity index (χ3v) is 5.73. The zero-order valence-corrected chi connectivity index (χ0v) is 18.2. The number of nitrogens with zero attached hydrogens (tertiary/aromatic N) is 9. The minimum absolute atomic E-state index is 0.0850. The standard InChI is InChI=1S/C24H14ClN9/c25-21-28-24-33-22(32-23(34(24)31-21)26-19(29-32)16-10-5-2-6-11-16)27-20(30-33)18-13-7-12-17(14-18)15-8-3-1-4-9-15/h1-14H. The molecule has 0 aliphatic rings. The summed E-state index contributed by atoms with van der Waals surface area (Å²) in [4.78, 5) is 13.8. The van der Waals surface area contributed by atoms with Gasteiger partial charge in [-0.1, -0.05) is 78.9 Å². The van der Waals surface area contributed by atoms with Gasteiger partial charge in [0.1, 0.15) is 0 Å².